The van der Waals surface area contributed by atoms with Gasteiger partial charge in [-0.1, -0.05) is 53.2 Å². The van der Waals surface area contributed by atoms with Gasteiger partial charge in [0.2, 0.25) is 0 Å². The minimum atomic E-state index is -4.70. The van der Waals surface area contributed by atoms with Crippen molar-refractivity contribution < 1.29 is 57.2 Å². The Kier molecular flexibility index (Phi) is 10.0. The van der Waals surface area contributed by atoms with Crippen molar-refractivity contribution in [3.05, 3.63) is 81.8 Å². The average molecular weight is 596 g/mol. The number of hydrogen-bond donors (Lipinski definition) is 2. The van der Waals surface area contributed by atoms with Crippen LogP contribution in [0.3, 0.4) is 0 Å². The summed E-state index contributed by atoms with van der Waals surface area (Å²) in [4.78, 5) is 12.6. The molecule has 9 nitrogen and oxygen atoms in total. The van der Waals surface area contributed by atoms with E-state index in [-0.39, 0.29) is 51.5 Å². The molecule has 4 aromatic carbocycles. The maximum absolute atomic E-state index is 13.4. The second kappa shape index (κ2) is 12.6. The van der Waals surface area contributed by atoms with Gasteiger partial charge >= 0.3 is 29.6 Å². The Balaban J connectivity index is 0.00000420. The molecule has 0 saturated carbocycles. The smallest absolute Gasteiger partial charge is 0.870 e. The molecule has 0 aromatic heterocycles. The Hall–Kier alpha value is -2.70. The van der Waals surface area contributed by atoms with Crippen molar-refractivity contribution in [1.82, 2.24) is 0 Å². The minimum Gasteiger partial charge on any atom is -0.870 e. The number of carbonyl (C=O) groups excluding carboxylic acids is 1. The van der Waals surface area contributed by atoms with Crippen molar-refractivity contribution in [3.63, 3.8) is 0 Å². The van der Waals surface area contributed by atoms with Crippen LogP contribution in [0.1, 0.15) is 22.8 Å². The Bertz CT molecular complexity index is 1710. The van der Waals surface area contributed by atoms with Crippen LogP contribution in [0.5, 0.6) is 11.5 Å². The SMILES string of the molecule is CCOc1cc(NC(=O)c2cc3ccccc3c(N=Nc3c(Cl)cc(C)cc3S(=O)(=O)O)c2[O-])ccc1Cl.[Na+]. The van der Waals surface area contributed by atoms with E-state index < -0.39 is 26.7 Å². The van der Waals surface area contributed by atoms with Crippen molar-refractivity contribution in [3.8, 4) is 11.5 Å². The third-order valence-corrected chi connectivity index (χ3v) is 6.88. The van der Waals surface area contributed by atoms with Crippen LogP contribution in [-0.2, 0) is 10.1 Å². The van der Waals surface area contributed by atoms with Gasteiger partial charge in [-0.2, -0.15) is 13.5 Å². The van der Waals surface area contributed by atoms with Crippen LogP contribution < -0.4 is 44.7 Å². The monoisotopic (exact) mass is 595 g/mol. The first kappa shape index (κ1) is 30.8. The third kappa shape index (κ3) is 6.90. The predicted molar refractivity (Wildman–Crippen MR) is 144 cm³/mol. The molecule has 4 aromatic rings. The standard InChI is InChI=1S/C26H21Cl2N3O6S.Na/c1-3-37-21-13-16(8-9-19(21)27)29-26(33)18-12-15-6-4-5-7-17(15)23(25(18)32)30-31-24-20(28)10-14(2)11-22(24)38(34,35)36;/h4-13,32H,3H2,1-2H3,(H,29,33)(H,34,35,36);/q;+1/p-1. The maximum Gasteiger partial charge on any atom is 1.00 e. The number of amides is 1. The molecule has 0 fully saturated rings. The van der Waals surface area contributed by atoms with E-state index in [0.717, 1.165) is 0 Å². The van der Waals surface area contributed by atoms with Crippen molar-refractivity contribution >= 4 is 67.1 Å². The van der Waals surface area contributed by atoms with Crippen LogP contribution >= 0.6 is 23.2 Å². The van der Waals surface area contributed by atoms with Gasteiger partial charge in [0.05, 0.1) is 22.3 Å². The number of ether oxygens (including phenoxy) is 1. The van der Waals surface area contributed by atoms with E-state index in [1.165, 1.54) is 24.3 Å². The summed E-state index contributed by atoms with van der Waals surface area (Å²) >= 11 is 12.3. The first-order valence-corrected chi connectivity index (χ1v) is 13.3. The van der Waals surface area contributed by atoms with Crippen LogP contribution in [0, 0.1) is 6.92 Å². The largest absolute Gasteiger partial charge is 1.00 e. The predicted octanol–water partition coefficient (Wildman–Crippen LogP) is 3.85. The fourth-order valence-corrected chi connectivity index (χ4v) is 4.99. The Labute approximate surface area is 256 Å². The summed E-state index contributed by atoms with van der Waals surface area (Å²) in [5, 5.41) is 25.1. The summed E-state index contributed by atoms with van der Waals surface area (Å²) in [5.41, 5.74) is 0.0308. The molecule has 0 radical (unpaired) electrons. The molecule has 2 N–H and O–H groups in total. The molecule has 0 aliphatic carbocycles. The van der Waals surface area contributed by atoms with Gasteiger partial charge in [0.1, 0.15) is 16.3 Å². The number of azo groups is 1. The number of anilines is 1. The van der Waals surface area contributed by atoms with E-state index in [4.69, 9.17) is 27.9 Å². The van der Waals surface area contributed by atoms with Gasteiger partial charge in [-0.3, -0.25) is 9.35 Å². The molecular weight excluding hydrogens is 576 g/mol. The number of aryl methyl sites for hydroxylation is 1. The summed E-state index contributed by atoms with van der Waals surface area (Å²) < 4.78 is 38.9. The molecule has 0 atom stereocenters. The molecule has 0 unspecified atom stereocenters. The zero-order valence-corrected chi connectivity index (χ0v) is 25.4. The molecule has 0 saturated heterocycles. The van der Waals surface area contributed by atoms with E-state index in [2.05, 4.69) is 15.5 Å². The van der Waals surface area contributed by atoms with E-state index in [1.807, 2.05) is 0 Å². The molecule has 0 spiro atoms. The molecule has 0 heterocycles. The molecule has 39 heavy (non-hydrogen) atoms. The Morgan fingerprint density at radius 2 is 1.72 bits per heavy atom. The van der Waals surface area contributed by atoms with Gasteiger partial charge < -0.3 is 15.2 Å². The van der Waals surface area contributed by atoms with Gasteiger partial charge in [-0.15, -0.1) is 5.11 Å². The molecule has 196 valence electrons. The van der Waals surface area contributed by atoms with Crippen molar-refractivity contribution in [2.75, 3.05) is 11.9 Å². The number of carbonyl (C=O) groups is 1. The molecule has 13 heteroatoms. The molecular formula is C26H20Cl2N3NaO6S. The van der Waals surface area contributed by atoms with E-state index in [1.54, 1.807) is 50.2 Å². The van der Waals surface area contributed by atoms with Gasteiger partial charge in [0.15, 0.2) is 0 Å². The van der Waals surface area contributed by atoms with Crippen LogP contribution in [0.2, 0.25) is 10.0 Å². The summed E-state index contributed by atoms with van der Waals surface area (Å²) in [6.45, 7) is 3.75. The number of hydrogen-bond acceptors (Lipinski definition) is 7. The Morgan fingerprint density at radius 3 is 2.41 bits per heavy atom. The summed E-state index contributed by atoms with van der Waals surface area (Å²) in [7, 11) is -4.70. The summed E-state index contributed by atoms with van der Waals surface area (Å²) in [6, 6.07) is 15.4. The maximum atomic E-state index is 13.4. The van der Waals surface area contributed by atoms with E-state index in [0.29, 0.717) is 39.4 Å². The molecule has 0 aliphatic heterocycles. The zero-order chi connectivity index (χ0) is 27.6. The zero-order valence-electron chi connectivity index (χ0n) is 21.0. The normalized spacial score (nSPS) is 11.4. The van der Waals surface area contributed by atoms with Crippen LogP contribution in [0.4, 0.5) is 17.1 Å². The second-order valence-electron chi connectivity index (χ2n) is 8.12. The van der Waals surface area contributed by atoms with Gasteiger partial charge in [0, 0.05) is 22.7 Å². The van der Waals surface area contributed by atoms with Crippen LogP contribution in [-0.4, -0.2) is 25.5 Å². The topological polar surface area (TPSA) is 140 Å². The van der Waals surface area contributed by atoms with Crippen LogP contribution in [0.15, 0.2) is 75.8 Å². The van der Waals surface area contributed by atoms with Gasteiger partial charge in [-0.05, 0) is 55.1 Å². The van der Waals surface area contributed by atoms with E-state index >= 15 is 0 Å². The molecule has 0 bridgehead atoms. The third-order valence-electron chi connectivity index (χ3n) is 5.41. The van der Waals surface area contributed by atoms with Crippen molar-refractivity contribution in [2.45, 2.75) is 18.7 Å². The number of fused-ring (bicyclic) bond motifs is 1. The van der Waals surface area contributed by atoms with E-state index in [9.17, 15) is 22.9 Å². The van der Waals surface area contributed by atoms with Gasteiger partial charge in [-0.25, -0.2) is 0 Å². The first-order valence-electron chi connectivity index (χ1n) is 11.2. The molecule has 0 aliphatic rings. The quantitative estimate of drug-likeness (QED) is 0.189. The average Bonchev–Trinajstić information content (AvgIpc) is 2.85. The van der Waals surface area contributed by atoms with Crippen molar-refractivity contribution in [2.24, 2.45) is 10.2 Å². The van der Waals surface area contributed by atoms with Crippen molar-refractivity contribution in [1.29, 1.82) is 0 Å². The number of halogens is 2. The summed E-state index contributed by atoms with van der Waals surface area (Å²) in [5.74, 6) is -1.10. The molecule has 1 amide bonds. The number of nitrogens with one attached hydrogen (secondary N) is 1. The fourth-order valence-electron chi connectivity index (χ4n) is 3.72. The Morgan fingerprint density at radius 1 is 1.03 bits per heavy atom. The minimum absolute atomic E-state index is 0. The number of benzene rings is 4. The second-order valence-corrected chi connectivity index (χ2v) is 10.3. The first-order chi connectivity index (χ1) is 18.0. The van der Waals surface area contributed by atoms with Crippen LogP contribution in [0.25, 0.3) is 10.8 Å². The molecule has 4 rings (SSSR count). The summed E-state index contributed by atoms with van der Waals surface area (Å²) in [6.07, 6.45) is 0. The fraction of sp³-hybridized carbons (Fsp3) is 0.115. The number of nitrogens with zero attached hydrogens (tertiary/aromatic N) is 2. The van der Waals surface area contributed by atoms with Gasteiger partial charge in [0.25, 0.3) is 16.0 Å². The number of rotatable bonds is 7.